The number of nitrogens with zero attached hydrogens (tertiary/aromatic N) is 3. The molecule has 2 aliphatic carbocycles. The summed E-state index contributed by atoms with van der Waals surface area (Å²) in [7, 11) is 0. The first kappa shape index (κ1) is 20.3. The summed E-state index contributed by atoms with van der Waals surface area (Å²) in [5.41, 5.74) is 2.06. The summed E-state index contributed by atoms with van der Waals surface area (Å²) in [6.45, 7) is 2.21. The molecule has 2 saturated carbocycles. The Kier molecular flexibility index (Phi) is 6.48. The van der Waals surface area contributed by atoms with Crippen LogP contribution in [0.3, 0.4) is 0 Å². The van der Waals surface area contributed by atoms with Crippen molar-refractivity contribution >= 4 is 18.1 Å². The molecule has 6 heteroatoms. The standard InChI is InChI=1S/C23H31N3O2S/c1-17-12-14-18(15-13-17)22-24-25(23(29)28-22)16-21(27)26(19-8-4-2-5-9-19)20-10-6-3-7-11-20/h12-15,19-20H,2-11,16H2,1H3. The van der Waals surface area contributed by atoms with E-state index in [9.17, 15) is 4.79 Å². The Morgan fingerprint density at radius 3 is 2.14 bits per heavy atom. The molecule has 29 heavy (non-hydrogen) atoms. The predicted octanol–water partition coefficient (Wildman–Crippen LogP) is 5.68. The minimum atomic E-state index is 0.142. The monoisotopic (exact) mass is 413 g/mol. The lowest BCUT2D eigenvalue weighted by Crippen LogP contribution is -2.50. The molecule has 2 aromatic rings. The van der Waals surface area contributed by atoms with Gasteiger partial charge in [-0.15, -0.1) is 5.10 Å². The molecule has 1 amide bonds. The number of carbonyl (C=O) groups is 1. The SMILES string of the molecule is Cc1ccc(-c2nn(CC(=O)N(C3CCCCC3)C3CCCCC3)c(=S)o2)cc1. The minimum absolute atomic E-state index is 0.142. The van der Waals surface area contributed by atoms with Gasteiger partial charge < -0.3 is 9.32 Å². The number of hydrogen-bond acceptors (Lipinski definition) is 4. The highest BCUT2D eigenvalue weighted by atomic mass is 32.1. The van der Waals surface area contributed by atoms with Gasteiger partial charge in [0, 0.05) is 17.6 Å². The molecule has 4 rings (SSSR count). The number of aryl methyl sites for hydroxylation is 1. The Balaban J connectivity index is 1.53. The van der Waals surface area contributed by atoms with Gasteiger partial charge in [0.25, 0.3) is 4.84 Å². The maximum Gasteiger partial charge on any atom is 0.287 e. The third kappa shape index (κ3) is 4.80. The van der Waals surface area contributed by atoms with Gasteiger partial charge in [-0.3, -0.25) is 4.79 Å². The van der Waals surface area contributed by atoms with Crippen molar-refractivity contribution in [2.45, 2.75) is 89.8 Å². The van der Waals surface area contributed by atoms with Crippen LogP contribution in [0.15, 0.2) is 28.7 Å². The van der Waals surface area contributed by atoms with E-state index in [1.165, 1.54) is 44.1 Å². The second kappa shape index (κ2) is 9.24. The van der Waals surface area contributed by atoms with E-state index in [1.807, 2.05) is 31.2 Å². The van der Waals surface area contributed by atoms with Crippen LogP contribution >= 0.6 is 12.2 Å². The van der Waals surface area contributed by atoms with Gasteiger partial charge in [-0.2, -0.15) is 0 Å². The molecule has 156 valence electrons. The highest BCUT2D eigenvalue weighted by molar-refractivity contribution is 7.71. The number of rotatable bonds is 5. The molecule has 0 bridgehead atoms. The first-order valence-electron chi connectivity index (χ1n) is 11.1. The number of amides is 1. The van der Waals surface area contributed by atoms with Crippen LogP contribution in [0.4, 0.5) is 0 Å². The second-order valence-electron chi connectivity index (χ2n) is 8.58. The Morgan fingerprint density at radius 1 is 1.03 bits per heavy atom. The zero-order chi connectivity index (χ0) is 20.2. The Bertz CT molecular complexity index is 856. The van der Waals surface area contributed by atoms with Gasteiger partial charge in [0.05, 0.1) is 0 Å². The van der Waals surface area contributed by atoms with E-state index in [4.69, 9.17) is 16.6 Å². The quantitative estimate of drug-likeness (QED) is 0.592. The summed E-state index contributed by atoms with van der Waals surface area (Å²) in [6.07, 6.45) is 12.0. The van der Waals surface area contributed by atoms with Crippen molar-refractivity contribution in [1.29, 1.82) is 0 Å². The number of carbonyl (C=O) groups excluding carboxylic acids is 1. The van der Waals surface area contributed by atoms with E-state index in [1.54, 1.807) is 4.68 Å². The van der Waals surface area contributed by atoms with Gasteiger partial charge in [-0.05, 0) is 57.0 Å². The predicted molar refractivity (Wildman–Crippen MR) is 116 cm³/mol. The molecular weight excluding hydrogens is 382 g/mol. The summed E-state index contributed by atoms with van der Waals surface area (Å²) < 4.78 is 7.27. The Morgan fingerprint density at radius 2 is 1.59 bits per heavy atom. The second-order valence-corrected chi connectivity index (χ2v) is 8.93. The number of hydrogen-bond donors (Lipinski definition) is 0. The van der Waals surface area contributed by atoms with Crippen molar-refractivity contribution in [3.05, 3.63) is 34.7 Å². The fraction of sp³-hybridized carbons (Fsp3) is 0.609. The molecule has 2 fully saturated rings. The maximum absolute atomic E-state index is 13.4. The summed E-state index contributed by atoms with van der Waals surface area (Å²) in [4.78, 5) is 15.9. The zero-order valence-electron chi connectivity index (χ0n) is 17.3. The van der Waals surface area contributed by atoms with E-state index in [2.05, 4.69) is 10.00 Å². The smallest absolute Gasteiger partial charge is 0.287 e. The highest BCUT2D eigenvalue weighted by Gasteiger charge is 2.32. The van der Waals surface area contributed by atoms with Gasteiger partial charge in [-0.1, -0.05) is 56.2 Å². The average molecular weight is 414 g/mol. The molecule has 1 aromatic carbocycles. The molecule has 0 atom stereocenters. The average Bonchev–Trinajstić information content (AvgIpc) is 3.10. The summed E-state index contributed by atoms with van der Waals surface area (Å²) >= 11 is 5.38. The fourth-order valence-electron chi connectivity index (χ4n) is 4.85. The minimum Gasteiger partial charge on any atom is -0.409 e. The largest absolute Gasteiger partial charge is 0.409 e. The van der Waals surface area contributed by atoms with Gasteiger partial charge in [-0.25, -0.2) is 4.68 Å². The topological polar surface area (TPSA) is 51.3 Å². The zero-order valence-corrected chi connectivity index (χ0v) is 18.1. The molecule has 0 aliphatic heterocycles. The molecule has 1 heterocycles. The van der Waals surface area contributed by atoms with Gasteiger partial charge in [0.1, 0.15) is 6.54 Å². The van der Waals surface area contributed by atoms with Crippen LogP contribution in [0.5, 0.6) is 0 Å². The Hall–Kier alpha value is -1.95. The molecule has 1 aromatic heterocycles. The third-order valence-corrected chi connectivity index (χ3v) is 6.71. The maximum atomic E-state index is 13.4. The van der Waals surface area contributed by atoms with E-state index >= 15 is 0 Å². The van der Waals surface area contributed by atoms with Crippen LogP contribution in [0.25, 0.3) is 11.5 Å². The molecule has 0 radical (unpaired) electrons. The molecule has 0 spiro atoms. The fourth-order valence-corrected chi connectivity index (χ4v) is 5.04. The van der Waals surface area contributed by atoms with E-state index in [-0.39, 0.29) is 17.3 Å². The lowest BCUT2D eigenvalue weighted by atomic mass is 9.88. The lowest BCUT2D eigenvalue weighted by molar-refractivity contribution is -0.139. The van der Waals surface area contributed by atoms with Crippen LogP contribution in [-0.2, 0) is 11.3 Å². The van der Waals surface area contributed by atoms with Crippen molar-refractivity contribution in [3.63, 3.8) is 0 Å². The van der Waals surface area contributed by atoms with E-state index in [0.29, 0.717) is 18.0 Å². The van der Waals surface area contributed by atoms with Crippen molar-refractivity contribution in [2.75, 3.05) is 0 Å². The van der Waals surface area contributed by atoms with Crippen LogP contribution in [-0.4, -0.2) is 32.7 Å². The summed E-state index contributed by atoms with van der Waals surface area (Å²) in [5, 5.41) is 4.52. The Labute approximate surface area is 178 Å². The normalized spacial score (nSPS) is 18.7. The number of aromatic nitrogens is 2. The van der Waals surface area contributed by atoms with Crippen molar-refractivity contribution in [3.8, 4) is 11.5 Å². The van der Waals surface area contributed by atoms with E-state index in [0.717, 1.165) is 31.2 Å². The molecule has 0 unspecified atom stereocenters. The molecule has 5 nitrogen and oxygen atoms in total. The molecule has 0 saturated heterocycles. The van der Waals surface area contributed by atoms with Crippen LogP contribution < -0.4 is 0 Å². The van der Waals surface area contributed by atoms with E-state index < -0.39 is 0 Å². The first-order valence-corrected chi connectivity index (χ1v) is 11.5. The first-order chi connectivity index (χ1) is 14.1. The molecule has 0 N–H and O–H groups in total. The molecular formula is C23H31N3O2S. The van der Waals surface area contributed by atoms with Crippen molar-refractivity contribution in [2.24, 2.45) is 0 Å². The lowest BCUT2D eigenvalue weighted by Gasteiger charge is -2.41. The number of benzene rings is 1. The van der Waals surface area contributed by atoms with Crippen LogP contribution in [0.1, 0.15) is 69.8 Å². The van der Waals surface area contributed by atoms with Gasteiger partial charge in [0.2, 0.25) is 11.8 Å². The van der Waals surface area contributed by atoms with Gasteiger partial charge in [0.15, 0.2) is 0 Å². The summed E-state index contributed by atoms with van der Waals surface area (Å²) in [6, 6.07) is 8.73. The van der Waals surface area contributed by atoms with Crippen molar-refractivity contribution < 1.29 is 9.21 Å². The highest BCUT2D eigenvalue weighted by Crippen LogP contribution is 2.30. The van der Waals surface area contributed by atoms with Crippen LogP contribution in [0, 0.1) is 11.8 Å². The third-order valence-electron chi connectivity index (χ3n) is 6.41. The molecule has 2 aliphatic rings. The summed E-state index contributed by atoms with van der Waals surface area (Å²) in [5.74, 6) is 0.619. The van der Waals surface area contributed by atoms with Crippen LogP contribution in [0.2, 0.25) is 0 Å². The van der Waals surface area contributed by atoms with Gasteiger partial charge >= 0.3 is 0 Å². The van der Waals surface area contributed by atoms with Crippen molar-refractivity contribution in [1.82, 2.24) is 14.7 Å².